The molecular weight excluding hydrogens is 356 g/mol. The topological polar surface area (TPSA) is 40.5 Å². The van der Waals surface area contributed by atoms with Gasteiger partial charge in [-0.2, -0.15) is 0 Å². The van der Waals surface area contributed by atoms with Crippen molar-refractivity contribution >= 4 is 21.5 Å². The fourth-order valence-corrected chi connectivity index (χ4v) is 3.62. The monoisotopic (exact) mass is 388 g/mol. The third kappa shape index (κ3) is 4.71. The van der Waals surface area contributed by atoms with Crippen molar-refractivity contribution in [3.05, 3.63) is 82.9 Å². The molecule has 0 amide bonds. The van der Waals surface area contributed by atoms with Crippen LogP contribution in [0.25, 0.3) is 21.5 Å². The summed E-state index contributed by atoms with van der Waals surface area (Å²) in [7, 11) is 0. The molecule has 0 aliphatic rings. The van der Waals surface area contributed by atoms with E-state index in [-0.39, 0.29) is 5.75 Å². The van der Waals surface area contributed by atoms with E-state index in [2.05, 4.69) is 31.2 Å². The summed E-state index contributed by atoms with van der Waals surface area (Å²) in [6.07, 6.45) is 0.570. The third-order valence-electron chi connectivity index (χ3n) is 4.91. The first-order valence-corrected chi connectivity index (χ1v) is 10.5. The summed E-state index contributed by atoms with van der Waals surface area (Å²) in [6.45, 7) is 12.1. The Hall–Kier alpha value is -3.00. The normalized spacial score (nSPS) is 10.1. The zero-order valence-corrected chi connectivity index (χ0v) is 18.4. The number of aryl methyl sites for hydroxylation is 2. The first-order valence-electron chi connectivity index (χ1n) is 10.5. The number of aromatic hydroxyl groups is 2. The summed E-state index contributed by atoms with van der Waals surface area (Å²) in [5, 5.41) is 25.0. The summed E-state index contributed by atoms with van der Waals surface area (Å²) in [5.41, 5.74) is 4.24. The molecule has 0 saturated carbocycles. The Balaban J connectivity index is 0.000000707. The number of fused-ring (bicyclic) bond motifs is 2. The van der Waals surface area contributed by atoms with Gasteiger partial charge in [0.15, 0.2) is 0 Å². The van der Waals surface area contributed by atoms with Crippen molar-refractivity contribution in [2.45, 2.75) is 48.0 Å². The molecule has 0 aliphatic heterocycles. The number of hydrogen-bond acceptors (Lipinski definition) is 2. The maximum Gasteiger partial charge on any atom is 0.119 e. The Kier molecular flexibility index (Phi) is 7.67. The van der Waals surface area contributed by atoms with Gasteiger partial charge < -0.3 is 10.2 Å². The minimum absolute atomic E-state index is 0.257. The van der Waals surface area contributed by atoms with E-state index in [1.54, 1.807) is 18.2 Å². The molecule has 0 heterocycles. The Morgan fingerprint density at radius 1 is 0.690 bits per heavy atom. The fourth-order valence-electron chi connectivity index (χ4n) is 3.62. The van der Waals surface area contributed by atoms with E-state index in [4.69, 9.17) is 0 Å². The van der Waals surface area contributed by atoms with Crippen LogP contribution in [0, 0.1) is 13.8 Å². The highest BCUT2D eigenvalue weighted by Crippen LogP contribution is 2.34. The molecule has 0 aliphatic carbocycles. The van der Waals surface area contributed by atoms with Gasteiger partial charge in [-0.25, -0.2) is 0 Å². The SMILES string of the molecule is CC.CC.Cc1ccc2c(Cc3cc(O)cc4c(C)cccc34)c(O)ccc2c1. The fraction of sp³-hybridized carbons (Fsp3) is 0.259. The lowest BCUT2D eigenvalue weighted by Gasteiger charge is -2.13. The second kappa shape index (κ2) is 9.97. The van der Waals surface area contributed by atoms with Crippen LogP contribution in [0.1, 0.15) is 49.9 Å². The van der Waals surface area contributed by atoms with Crippen molar-refractivity contribution in [3.8, 4) is 11.5 Å². The average molecular weight is 389 g/mol. The van der Waals surface area contributed by atoms with Gasteiger partial charge in [-0.05, 0) is 64.7 Å². The number of rotatable bonds is 2. The van der Waals surface area contributed by atoms with Gasteiger partial charge in [-0.15, -0.1) is 0 Å². The first kappa shape index (κ1) is 22.3. The molecule has 0 bridgehead atoms. The van der Waals surface area contributed by atoms with Crippen LogP contribution in [-0.2, 0) is 6.42 Å². The molecule has 4 aromatic carbocycles. The molecule has 29 heavy (non-hydrogen) atoms. The Morgan fingerprint density at radius 3 is 2.14 bits per heavy atom. The summed E-state index contributed by atoms with van der Waals surface area (Å²) in [5.74, 6) is 0.549. The van der Waals surface area contributed by atoms with Crippen LogP contribution >= 0.6 is 0 Å². The van der Waals surface area contributed by atoms with Crippen molar-refractivity contribution in [3.63, 3.8) is 0 Å². The van der Waals surface area contributed by atoms with Crippen LogP contribution in [0.4, 0.5) is 0 Å². The van der Waals surface area contributed by atoms with Crippen LogP contribution < -0.4 is 0 Å². The van der Waals surface area contributed by atoms with E-state index >= 15 is 0 Å². The van der Waals surface area contributed by atoms with Crippen LogP contribution in [0.5, 0.6) is 11.5 Å². The Bertz CT molecular complexity index is 1110. The highest BCUT2D eigenvalue weighted by molar-refractivity contribution is 5.92. The highest BCUT2D eigenvalue weighted by Gasteiger charge is 2.12. The second-order valence-electron chi connectivity index (χ2n) is 6.74. The molecule has 0 spiro atoms. The van der Waals surface area contributed by atoms with Crippen molar-refractivity contribution in [1.82, 2.24) is 0 Å². The van der Waals surface area contributed by atoms with Gasteiger partial charge in [-0.3, -0.25) is 0 Å². The number of hydrogen-bond donors (Lipinski definition) is 2. The van der Waals surface area contributed by atoms with Gasteiger partial charge in [-0.1, -0.05) is 75.7 Å². The summed E-state index contributed by atoms with van der Waals surface area (Å²) in [4.78, 5) is 0. The number of phenols is 2. The van der Waals surface area contributed by atoms with Gasteiger partial charge in [0.25, 0.3) is 0 Å². The van der Waals surface area contributed by atoms with Crippen LogP contribution in [0.3, 0.4) is 0 Å². The summed E-state index contributed by atoms with van der Waals surface area (Å²) < 4.78 is 0. The Labute approximate surface area is 174 Å². The largest absolute Gasteiger partial charge is 0.508 e. The molecule has 0 aromatic heterocycles. The third-order valence-corrected chi connectivity index (χ3v) is 4.91. The molecule has 152 valence electrons. The first-order chi connectivity index (χ1) is 14.0. The molecule has 0 fully saturated rings. The summed E-state index contributed by atoms with van der Waals surface area (Å²) in [6, 6.07) is 19.7. The van der Waals surface area contributed by atoms with Gasteiger partial charge in [0.1, 0.15) is 11.5 Å². The maximum absolute atomic E-state index is 10.5. The summed E-state index contributed by atoms with van der Waals surface area (Å²) >= 11 is 0. The highest BCUT2D eigenvalue weighted by atomic mass is 16.3. The lowest BCUT2D eigenvalue weighted by atomic mass is 9.92. The average Bonchev–Trinajstić information content (AvgIpc) is 2.74. The van der Waals surface area contributed by atoms with Gasteiger partial charge in [0, 0.05) is 12.0 Å². The standard InChI is InChI=1S/C23H20O2.2C2H6/c1-14-6-8-20-16(10-14)7-9-23(25)22(20)12-17-11-18(24)13-21-15(2)4-3-5-19(17)21;2*1-2/h3-11,13,24-25H,12H2,1-2H3;2*1-2H3. The lowest BCUT2D eigenvalue weighted by Crippen LogP contribution is -1.94. The van der Waals surface area contributed by atoms with E-state index in [0.717, 1.165) is 38.2 Å². The second-order valence-corrected chi connectivity index (χ2v) is 6.74. The van der Waals surface area contributed by atoms with E-state index in [1.807, 2.05) is 52.8 Å². The molecular formula is C27H32O2. The van der Waals surface area contributed by atoms with Crippen molar-refractivity contribution < 1.29 is 10.2 Å². The minimum Gasteiger partial charge on any atom is -0.508 e. The molecule has 0 atom stereocenters. The minimum atomic E-state index is 0.257. The molecule has 0 radical (unpaired) electrons. The van der Waals surface area contributed by atoms with Crippen molar-refractivity contribution in [1.29, 1.82) is 0 Å². The van der Waals surface area contributed by atoms with Crippen LogP contribution in [0.2, 0.25) is 0 Å². The van der Waals surface area contributed by atoms with E-state index in [1.165, 1.54) is 5.56 Å². The molecule has 2 heteroatoms. The molecule has 2 N–H and O–H groups in total. The van der Waals surface area contributed by atoms with Crippen molar-refractivity contribution in [2.24, 2.45) is 0 Å². The molecule has 2 nitrogen and oxygen atoms in total. The molecule has 0 unspecified atom stereocenters. The zero-order valence-electron chi connectivity index (χ0n) is 18.4. The Morgan fingerprint density at radius 2 is 1.41 bits per heavy atom. The number of phenolic OH excluding ortho intramolecular Hbond substituents is 2. The van der Waals surface area contributed by atoms with Gasteiger partial charge >= 0.3 is 0 Å². The van der Waals surface area contributed by atoms with E-state index in [9.17, 15) is 10.2 Å². The molecule has 4 aromatic rings. The predicted molar refractivity (Wildman–Crippen MR) is 126 cm³/mol. The van der Waals surface area contributed by atoms with Gasteiger partial charge in [0.2, 0.25) is 0 Å². The van der Waals surface area contributed by atoms with Crippen LogP contribution in [0.15, 0.2) is 60.7 Å². The van der Waals surface area contributed by atoms with E-state index < -0.39 is 0 Å². The smallest absolute Gasteiger partial charge is 0.119 e. The van der Waals surface area contributed by atoms with Crippen molar-refractivity contribution in [2.75, 3.05) is 0 Å². The molecule has 0 saturated heterocycles. The predicted octanol–water partition coefficient (Wildman–Crippen LogP) is 7.66. The lowest BCUT2D eigenvalue weighted by molar-refractivity contribution is 0.469. The van der Waals surface area contributed by atoms with Gasteiger partial charge in [0.05, 0.1) is 0 Å². The quantitative estimate of drug-likeness (QED) is 0.370. The zero-order chi connectivity index (χ0) is 21.6. The maximum atomic E-state index is 10.5. The molecule has 4 rings (SSSR count). The number of benzene rings is 4. The van der Waals surface area contributed by atoms with Crippen LogP contribution in [-0.4, -0.2) is 10.2 Å². The van der Waals surface area contributed by atoms with E-state index in [0.29, 0.717) is 12.2 Å².